The van der Waals surface area contributed by atoms with Gasteiger partial charge in [-0.1, -0.05) is 6.07 Å². The second kappa shape index (κ2) is 5.45. The van der Waals surface area contributed by atoms with Gasteiger partial charge in [-0.25, -0.2) is 8.42 Å². The summed E-state index contributed by atoms with van der Waals surface area (Å²) < 4.78 is 38.2. The molecule has 1 aromatic carbocycles. The number of rotatable bonds is 3. The van der Waals surface area contributed by atoms with E-state index in [1.165, 1.54) is 6.07 Å². The van der Waals surface area contributed by atoms with Crippen molar-refractivity contribution in [3.05, 3.63) is 29.6 Å². The van der Waals surface area contributed by atoms with Crippen molar-refractivity contribution in [1.82, 2.24) is 0 Å². The van der Waals surface area contributed by atoms with E-state index in [9.17, 15) is 8.42 Å². The molecule has 0 radical (unpaired) electrons. The molecule has 0 saturated heterocycles. The Hall–Kier alpha value is -1.93. The van der Waals surface area contributed by atoms with Crippen molar-refractivity contribution in [2.45, 2.75) is 10.6 Å². The minimum Gasteiger partial charge on any atom is -0.489 e. The van der Waals surface area contributed by atoms with Crippen LogP contribution in [-0.2, 0) is 10.0 Å². The van der Waals surface area contributed by atoms with Crippen molar-refractivity contribution >= 4 is 32.7 Å². The van der Waals surface area contributed by atoms with Crippen LogP contribution in [0.15, 0.2) is 33.9 Å². The van der Waals surface area contributed by atoms with E-state index in [4.69, 9.17) is 15.2 Å². The van der Waals surface area contributed by atoms with Crippen LogP contribution in [0.4, 0.5) is 11.4 Å². The average Bonchev–Trinajstić information content (AvgIpc) is 2.89. The zero-order valence-corrected chi connectivity index (χ0v) is 12.7. The minimum absolute atomic E-state index is 0.231. The average molecular weight is 326 g/mol. The van der Waals surface area contributed by atoms with Gasteiger partial charge in [-0.3, -0.25) is 4.72 Å². The highest BCUT2D eigenvalue weighted by Gasteiger charge is 2.19. The zero-order valence-electron chi connectivity index (χ0n) is 11.0. The Bertz CT molecular complexity index is 742. The van der Waals surface area contributed by atoms with Crippen molar-refractivity contribution < 1.29 is 17.9 Å². The van der Waals surface area contributed by atoms with E-state index >= 15 is 0 Å². The van der Waals surface area contributed by atoms with E-state index in [1.54, 1.807) is 23.6 Å². The number of sulfonamides is 1. The number of ether oxygens (including phenoxy) is 2. The smallest absolute Gasteiger partial charge is 0.271 e. The van der Waals surface area contributed by atoms with E-state index in [1.807, 2.05) is 0 Å². The first kappa shape index (κ1) is 14.0. The molecule has 1 aliphatic rings. The summed E-state index contributed by atoms with van der Waals surface area (Å²) in [7, 11) is -3.64. The Balaban J connectivity index is 1.94. The van der Waals surface area contributed by atoms with Gasteiger partial charge in [0.25, 0.3) is 10.0 Å². The van der Waals surface area contributed by atoms with Crippen LogP contribution in [-0.4, -0.2) is 21.6 Å². The number of nitrogens with one attached hydrogen (secondary N) is 1. The second-order valence-electron chi connectivity index (χ2n) is 4.47. The summed E-state index contributed by atoms with van der Waals surface area (Å²) in [6.07, 6.45) is 0.769. The van der Waals surface area contributed by atoms with Crippen LogP contribution in [0.3, 0.4) is 0 Å². The maximum atomic E-state index is 12.2. The molecule has 0 fully saturated rings. The molecule has 112 valence electrons. The molecule has 2 heterocycles. The van der Waals surface area contributed by atoms with Crippen LogP contribution in [0.25, 0.3) is 0 Å². The molecule has 0 bridgehead atoms. The first-order valence-electron chi connectivity index (χ1n) is 6.32. The number of benzene rings is 1. The van der Waals surface area contributed by atoms with Gasteiger partial charge in [0.05, 0.1) is 24.6 Å². The maximum absolute atomic E-state index is 12.2. The van der Waals surface area contributed by atoms with Crippen LogP contribution >= 0.6 is 11.3 Å². The molecule has 0 aliphatic carbocycles. The summed E-state index contributed by atoms with van der Waals surface area (Å²) in [5.74, 6) is 1.02. The van der Waals surface area contributed by atoms with E-state index in [0.29, 0.717) is 30.4 Å². The minimum atomic E-state index is -3.64. The summed E-state index contributed by atoms with van der Waals surface area (Å²) in [5.41, 5.74) is 6.47. The fourth-order valence-electron chi connectivity index (χ4n) is 1.92. The van der Waals surface area contributed by atoms with Crippen LogP contribution < -0.4 is 19.9 Å². The molecule has 6 nitrogen and oxygen atoms in total. The molecule has 3 N–H and O–H groups in total. The fraction of sp³-hybridized carbons (Fsp3) is 0.231. The normalized spacial score (nSPS) is 14.5. The molecule has 0 unspecified atom stereocenters. The SMILES string of the molecule is Nc1cc2c(cc1NS(=O)(=O)c1cccs1)OCCCO2. The molecule has 0 spiro atoms. The topological polar surface area (TPSA) is 90.7 Å². The molecule has 8 heteroatoms. The fourth-order valence-corrected chi connectivity index (χ4v) is 4.00. The maximum Gasteiger partial charge on any atom is 0.271 e. The van der Waals surface area contributed by atoms with Gasteiger partial charge in [0.1, 0.15) is 4.21 Å². The Morgan fingerprint density at radius 1 is 1.19 bits per heavy atom. The Morgan fingerprint density at radius 2 is 1.90 bits per heavy atom. The van der Waals surface area contributed by atoms with Crippen LogP contribution in [0, 0.1) is 0 Å². The van der Waals surface area contributed by atoms with Gasteiger partial charge in [-0.05, 0) is 11.4 Å². The zero-order chi connectivity index (χ0) is 14.9. The van der Waals surface area contributed by atoms with E-state index in [0.717, 1.165) is 17.8 Å². The third kappa shape index (κ3) is 2.91. The summed E-state index contributed by atoms with van der Waals surface area (Å²) in [5, 5.41) is 1.70. The van der Waals surface area contributed by atoms with Crippen LogP contribution in [0.2, 0.25) is 0 Å². The lowest BCUT2D eigenvalue weighted by Crippen LogP contribution is -2.13. The van der Waals surface area contributed by atoms with Crippen LogP contribution in [0.5, 0.6) is 11.5 Å². The molecular weight excluding hydrogens is 312 g/mol. The highest BCUT2D eigenvalue weighted by atomic mass is 32.2. The third-order valence-electron chi connectivity index (χ3n) is 2.92. The lowest BCUT2D eigenvalue weighted by atomic mass is 10.2. The number of hydrogen-bond acceptors (Lipinski definition) is 6. The predicted molar refractivity (Wildman–Crippen MR) is 81.6 cm³/mol. The molecule has 3 rings (SSSR count). The monoisotopic (exact) mass is 326 g/mol. The lowest BCUT2D eigenvalue weighted by molar-refractivity contribution is 0.297. The van der Waals surface area contributed by atoms with Gasteiger partial charge in [0.2, 0.25) is 0 Å². The van der Waals surface area contributed by atoms with Crippen molar-refractivity contribution in [2.75, 3.05) is 23.7 Å². The lowest BCUT2D eigenvalue weighted by Gasteiger charge is -2.13. The van der Waals surface area contributed by atoms with Crippen molar-refractivity contribution in [3.8, 4) is 11.5 Å². The highest BCUT2D eigenvalue weighted by Crippen LogP contribution is 2.37. The van der Waals surface area contributed by atoms with Gasteiger partial charge in [-0.15, -0.1) is 11.3 Å². The summed E-state index contributed by atoms with van der Waals surface area (Å²) in [4.78, 5) is 0. The highest BCUT2D eigenvalue weighted by molar-refractivity contribution is 7.94. The molecule has 0 atom stereocenters. The molecule has 0 amide bonds. The predicted octanol–water partition coefficient (Wildman–Crippen LogP) is 2.29. The summed E-state index contributed by atoms with van der Waals surface area (Å²) in [6.45, 7) is 1.07. The first-order valence-corrected chi connectivity index (χ1v) is 8.68. The van der Waals surface area contributed by atoms with Crippen molar-refractivity contribution in [1.29, 1.82) is 0 Å². The van der Waals surface area contributed by atoms with Gasteiger partial charge in [0, 0.05) is 18.6 Å². The van der Waals surface area contributed by atoms with Gasteiger partial charge in [0.15, 0.2) is 11.5 Å². The number of nitrogens with two attached hydrogens (primary N) is 1. The van der Waals surface area contributed by atoms with Crippen molar-refractivity contribution in [3.63, 3.8) is 0 Å². The van der Waals surface area contributed by atoms with Gasteiger partial charge in [-0.2, -0.15) is 0 Å². The Morgan fingerprint density at radius 3 is 2.57 bits per heavy atom. The van der Waals surface area contributed by atoms with E-state index < -0.39 is 10.0 Å². The van der Waals surface area contributed by atoms with Gasteiger partial charge >= 0.3 is 0 Å². The van der Waals surface area contributed by atoms with E-state index in [2.05, 4.69) is 4.72 Å². The molecular formula is C13H14N2O4S2. The number of anilines is 2. The van der Waals surface area contributed by atoms with Crippen molar-refractivity contribution in [2.24, 2.45) is 0 Å². The van der Waals surface area contributed by atoms with Crippen LogP contribution in [0.1, 0.15) is 6.42 Å². The number of thiophene rings is 1. The quantitative estimate of drug-likeness (QED) is 0.845. The standard InChI is InChI=1S/C13H14N2O4S2/c14-9-7-11-12(19-5-2-4-18-11)8-10(9)15-21(16,17)13-3-1-6-20-13/h1,3,6-8,15H,2,4-5,14H2. The number of nitrogen functional groups attached to an aromatic ring is 1. The number of fused-ring (bicyclic) bond motifs is 1. The molecule has 0 saturated carbocycles. The third-order valence-corrected chi connectivity index (χ3v) is 5.69. The van der Waals surface area contributed by atoms with Gasteiger partial charge < -0.3 is 15.2 Å². The first-order chi connectivity index (χ1) is 10.1. The molecule has 1 aromatic heterocycles. The second-order valence-corrected chi connectivity index (χ2v) is 7.33. The molecule has 21 heavy (non-hydrogen) atoms. The summed E-state index contributed by atoms with van der Waals surface area (Å²) >= 11 is 1.14. The van der Waals surface area contributed by atoms with E-state index in [-0.39, 0.29) is 9.90 Å². The summed E-state index contributed by atoms with van der Waals surface area (Å²) in [6, 6.07) is 6.34. The molecule has 2 aromatic rings. The molecule has 1 aliphatic heterocycles. The Kier molecular flexibility index (Phi) is 3.64. The Labute approximate surface area is 126 Å². The largest absolute Gasteiger partial charge is 0.489 e. The number of hydrogen-bond donors (Lipinski definition) is 2.